The molecular formula is C13H20N2O3. The second kappa shape index (κ2) is 5.08. The second-order valence-electron chi connectivity index (χ2n) is 5.64. The van der Waals surface area contributed by atoms with E-state index < -0.39 is 5.97 Å². The first-order valence-corrected chi connectivity index (χ1v) is 6.55. The van der Waals surface area contributed by atoms with E-state index in [0.717, 1.165) is 25.7 Å². The minimum Gasteiger partial charge on any atom is -0.481 e. The zero-order valence-corrected chi connectivity index (χ0v) is 11.0. The van der Waals surface area contributed by atoms with Crippen molar-refractivity contribution in [2.75, 3.05) is 0 Å². The molecule has 5 nitrogen and oxygen atoms in total. The fourth-order valence-electron chi connectivity index (χ4n) is 2.75. The zero-order chi connectivity index (χ0) is 13.2. The molecule has 0 atom stereocenters. The van der Waals surface area contributed by atoms with Crippen LogP contribution in [0.25, 0.3) is 0 Å². The van der Waals surface area contributed by atoms with E-state index in [1.165, 1.54) is 0 Å². The van der Waals surface area contributed by atoms with Gasteiger partial charge in [0.1, 0.15) is 0 Å². The Morgan fingerprint density at radius 1 is 1.39 bits per heavy atom. The number of aliphatic carboxylic acids is 1. The molecule has 1 aliphatic rings. The van der Waals surface area contributed by atoms with Gasteiger partial charge in [0.25, 0.3) is 0 Å². The molecule has 0 unspecified atom stereocenters. The van der Waals surface area contributed by atoms with E-state index in [2.05, 4.69) is 10.2 Å². The lowest BCUT2D eigenvalue weighted by Crippen LogP contribution is -2.24. The van der Waals surface area contributed by atoms with Gasteiger partial charge in [-0.1, -0.05) is 26.7 Å². The van der Waals surface area contributed by atoms with Gasteiger partial charge in [-0.3, -0.25) is 4.79 Å². The van der Waals surface area contributed by atoms with Crippen LogP contribution in [0, 0.1) is 5.41 Å². The molecule has 1 saturated carbocycles. The fourth-order valence-corrected chi connectivity index (χ4v) is 2.75. The average molecular weight is 252 g/mol. The molecule has 0 bridgehead atoms. The SMILES string of the molecule is CC(C)c1nnc(CC2(CC(=O)O)CCCC2)o1. The van der Waals surface area contributed by atoms with Crippen LogP contribution in [-0.2, 0) is 11.2 Å². The summed E-state index contributed by atoms with van der Waals surface area (Å²) >= 11 is 0. The highest BCUT2D eigenvalue weighted by Crippen LogP contribution is 2.43. The van der Waals surface area contributed by atoms with Gasteiger partial charge >= 0.3 is 5.97 Å². The minimum absolute atomic E-state index is 0.174. The smallest absolute Gasteiger partial charge is 0.303 e. The third kappa shape index (κ3) is 2.89. The Labute approximate surface area is 107 Å². The van der Waals surface area contributed by atoms with Crippen molar-refractivity contribution in [1.82, 2.24) is 10.2 Å². The van der Waals surface area contributed by atoms with Crippen molar-refractivity contribution in [2.24, 2.45) is 5.41 Å². The van der Waals surface area contributed by atoms with Gasteiger partial charge in [0.15, 0.2) is 0 Å². The van der Waals surface area contributed by atoms with Gasteiger partial charge in [0.05, 0.1) is 6.42 Å². The number of hydrogen-bond donors (Lipinski definition) is 1. The Balaban J connectivity index is 2.10. The van der Waals surface area contributed by atoms with Crippen molar-refractivity contribution in [3.05, 3.63) is 11.8 Å². The summed E-state index contributed by atoms with van der Waals surface area (Å²) in [6.07, 6.45) is 4.87. The molecule has 100 valence electrons. The van der Waals surface area contributed by atoms with Crippen LogP contribution in [0.4, 0.5) is 0 Å². The lowest BCUT2D eigenvalue weighted by molar-refractivity contribution is -0.139. The summed E-state index contributed by atoms with van der Waals surface area (Å²) < 4.78 is 5.60. The largest absolute Gasteiger partial charge is 0.481 e. The fraction of sp³-hybridized carbons (Fsp3) is 0.769. The van der Waals surface area contributed by atoms with Crippen molar-refractivity contribution < 1.29 is 14.3 Å². The predicted molar refractivity (Wildman–Crippen MR) is 65.2 cm³/mol. The molecule has 0 aromatic carbocycles. The maximum absolute atomic E-state index is 11.0. The average Bonchev–Trinajstić information content (AvgIpc) is 2.87. The lowest BCUT2D eigenvalue weighted by Gasteiger charge is -2.24. The normalized spacial score (nSPS) is 18.4. The van der Waals surface area contributed by atoms with Crippen LogP contribution in [0.2, 0.25) is 0 Å². The first-order valence-electron chi connectivity index (χ1n) is 6.55. The number of carbonyl (C=O) groups is 1. The molecule has 0 radical (unpaired) electrons. The van der Waals surface area contributed by atoms with Crippen molar-refractivity contribution in [1.29, 1.82) is 0 Å². The van der Waals surface area contributed by atoms with Crippen molar-refractivity contribution in [3.63, 3.8) is 0 Å². The van der Waals surface area contributed by atoms with Gasteiger partial charge < -0.3 is 9.52 Å². The molecule has 5 heteroatoms. The van der Waals surface area contributed by atoms with Crippen LogP contribution in [0.5, 0.6) is 0 Å². The summed E-state index contributed by atoms with van der Waals surface area (Å²) in [5.41, 5.74) is -0.174. The van der Waals surface area contributed by atoms with E-state index in [0.29, 0.717) is 18.2 Å². The molecule has 1 aromatic rings. The van der Waals surface area contributed by atoms with Gasteiger partial charge in [-0.15, -0.1) is 10.2 Å². The van der Waals surface area contributed by atoms with E-state index in [1.54, 1.807) is 0 Å². The van der Waals surface area contributed by atoms with E-state index >= 15 is 0 Å². The van der Waals surface area contributed by atoms with Gasteiger partial charge in [-0.05, 0) is 18.3 Å². The highest BCUT2D eigenvalue weighted by Gasteiger charge is 2.37. The zero-order valence-electron chi connectivity index (χ0n) is 11.0. The third-order valence-electron chi connectivity index (χ3n) is 3.69. The molecule has 18 heavy (non-hydrogen) atoms. The Hall–Kier alpha value is -1.39. The van der Waals surface area contributed by atoms with Crippen LogP contribution < -0.4 is 0 Å². The number of rotatable bonds is 5. The number of carboxylic acids is 1. The van der Waals surface area contributed by atoms with Crippen molar-refractivity contribution in [3.8, 4) is 0 Å². The number of hydrogen-bond acceptors (Lipinski definition) is 4. The molecule has 1 fully saturated rings. The number of aromatic nitrogens is 2. The van der Waals surface area contributed by atoms with Crippen molar-refractivity contribution in [2.45, 2.75) is 58.3 Å². The number of nitrogens with zero attached hydrogens (tertiary/aromatic N) is 2. The van der Waals surface area contributed by atoms with Gasteiger partial charge in [-0.2, -0.15) is 0 Å². The molecule has 0 amide bonds. The Kier molecular flexibility index (Phi) is 3.68. The summed E-state index contributed by atoms with van der Waals surface area (Å²) in [6, 6.07) is 0. The first kappa shape index (κ1) is 13.1. The van der Waals surface area contributed by atoms with Crippen LogP contribution in [0.15, 0.2) is 4.42 Å². The van der Waals surface area contributed by atoms with Gasteiger partial charge in [0, 0.05) is 12.3 Å². The summed E-state index contributed by atoms with van der Waals surface area (Å²) in [7, 11) is 0. The van der Waals surface area contributed by atoms with Gasteiger partial charge in [-0.25, -0.2) is 0 Å². The van der Waals surface area contributed by atoms with Crippen LogP contribution >= 0.6 is 0 Å². The van der Waals surface area contributed by atoms with Gasteiger partial charge in [0.2, 0.25) is 11.8 Å². The standard InChI is InChI=1S/C13H20N2O3/c1-9(2)12-15-14-10(18-12)7-13(8-11(16)17)5-3-4-6-13/h9H,3-8H2,1-2H3,(H,16,17). The maximum atomic E-state index is 11.0. The van der Waals surface area contributed by atoms with E-state index in [4.69, 9.17) is 9.52 Å². The van der Waals surface area contributed by atoms with E-state index in [9.17, 15) is 4.79 Å². The molecule has 0 spiro atoms. The molecule has 1 N–H and O–H groups in total. The van der Waals surface area contributed by atoms with Crippen LogP contribution in [0.3, 0.4) is 0 Å². The van der Waals surface area contributed by atoms with E-state index in [1.807, 2.05) is 13.8 Å². The highest BCUT2D eigenvalue weighted by molar-refractivity contribution is 5.67. The summed E-state index contributed by atoms with van der Waals surface area (Å²) in [6.45, 7) is 4.00. The molecule has 0 aliphatic heterocycles. The Morgan fingerprint density at radius 2 is 2.06 bits per heavy atom. The predicted octanol–water partition coefficient (Wildman–Crippen LogP) is 2.77. The highest BCUT2D eigenvalue weighted by atomic mass is 16.4. The third-order valence-corrected chi connectivity index (χ3v) is 3.69. The number of carboxylic acid groups (broad SMARTS) is 1. The van der Waals surface area contributed by atoms with Crippen LogP contribution in [0.1, 0.15) is 63.7 Å². The quantitative estimate of drug-likeness (QED) is 0.872. The van der Waals surface area contributed by atoms with E-state index in [-0.39, 0.29) is 17.8 Å². The summed E-state index contributed by atoms with van der Waals surface area (Å²) in [5.74, 6) is 0.695. The second-order valence-corrected chi connectivity index (χ2v) is 5.64. The lowest BCUT2D eigenvalue weighted by atomic mass is 9.79. The minimum atomic E-state index is -0.736. The first-order chi connectivity index (χ1) is 8.51. The Morgan fingerprint density at radius 3 is 2.56 bits per heavy atom. The molecule has 1 aromatic heterocycles. The van der Waals surface area contributed by atoms with Crippen molar-refractivity contribution >= 4 is 5.97 Å². The molecular weight excluding hydrogens is 232 g/mol. The Bertz CT molecular complexity index is 420. The van der Waals surface area contributed by atoms with Crippen LogP contribution in [-0.4, -0.2) is 21.3 Å². The topological polar surface area (TPSA) is 76.2 Å². The molecule has 2 rings (SSSR count). The maximum Gasteiger partial charge on any atom is 0.303 e. The molecule has 1 aliphatic carbocycles. The summed E-state index contributed by atoms with van der Waals surface area (Å²) in [4.78, 5) is 11.0. The molecule has 1 heterocycles. The summed E-state index contributed by atoms with van der Waals surface area (Å²) in [5, 5.41) is 17.1. The molecule has 0 saturated heterocycles. The monoisotopic (exact) mass is 252 g/mol.